The molecule has 4 nitrogen and oxygen atoms in total. The van der Waals surface area contributed by atoms with Crippen LogP contribution >= 0.6 is 15.9 Å². The fourth-order valence-electron chi connectivity index (χ4n) is 3.97. The predicted octanol–water partition coefficient (Wildman–Crippen LogP) is 3.09. The van der Waals surface area contributed by atoms with Crippen molar-refractivity contribution in [1.82, 2.24) is 4.90 Å². The molecule has 1 amide bonds. The maximum Gasteiger partial charge on any atom is 0.326 e. The van der Waals surface area contributed by atoms with E-state index in [4.69, 9.17) is 0 Å². The van der Waals surface area contributed by atoms with Crippen LogP contribution in [0.4, 0.5) is 0 Å². The number of hydrogen-bond donors (Lipinski definition) is 1. The van der Waals surface area contributed by atoms with E-state index in [0.29, 0.717) is 25.3 Å². The van der Waals surface area contributed by atoms with Gasteiger partial charge in [-0.05, 0) is 48.8 Å². The fraction of sp³-hybridized carbons (Fsp3) is 0.529. The zero-order valence-electron chi connectivity index (χ0n) is 12.4. The van der Waals surface area contributed by atoms with Gasteiger partial charge in [0.05, 0.1) is 0 Å². The molecule has 2 aliphatic rings. The number of fused-ring (bicyclic) bond motifs is 1. The number of rotatable bonds is 4. The van der Waals surface area contributed by atoms with Gasteiger partial charge in [-0.3, -0.25) is 4.79 Å². The van der Waals surface area contributed by atoms with E-state index in [1.54, 1.807) is 4.90 Å². The molecule has 22 heavy (non-hydrogen) atoms. The number of aryl methyl sites for hydroxylation is 1. The van der Waals surface area contributed by atoms with Gasteiger partial charge in [0.25, 0.3) is 0 Å². The van der Waals surface area contributed by atoms with Gasteiger partial charge in [-0.15, -0.1) is 0 Å². The Bertz CT molecular complexity index is 589. The number of likely N-dealkylation sites (tertiary alicyclic amines) is 1. The molecule has 1 aliphatic carbocycles. The second-order valence-corrected chi connectivity index (χ2v) is 7.23. The van der Waals surface area contributed by atoms with Gasteiger partial charge in [0, 0.05) is 17.4 Å². The van der Waals surface area contributed by atoms with Gasteiger partial charge in [-0.2, -0.15) is 0 Å². The minimum absolute atomic E-state index is 0.0261. The molecule has 0 radical (unpaired) electrons. The molecule has 0 aromatic heterocycles. The second-order valence-electron chi connectivity index (χ2n) is 6.31. The van der Waals surface area contributed by atoms with Crippen LogP contribution in [0.1, 0.15) is 31.2 Å². The first-order chi connectivity index (χ1) is 10.6. The van der Waals surface area contributed by atoms with E-state index in [1.165, 1.54) is 0 Å². The van der Waals surface area contributed by atoms with Crippen LogP contribution in [-0.4, -0.2) is 34.5 Å². The molecular weight excluding hydrogens is 346 g/mol. The molecule has 1 saturated heterocycles. The summed E-state index contributed by atoms with van der Waals surface area (Å²) in [6.07, 6.45) is 4.12. The average molecular weight is 366 g/mol. The van der Waals surface area contributed by atoms with Crippen molar-refractivity contribution in [3.8, 4) is 0 Å². The lowest BCUT2D eigenvalue weighted by atomic mass is 9.94. The molecule has 2 fully saturated rings. The van der Waals surface area contributed by atoms with Crippen LogP contribution in [0.2, 0.25) is 0 Å². The van der Waals surface area contributed by atoms with E-state index in [9.17, 15) is 14.7 Å². The van der Waals surface area contributed by atoms with E-state index in [1.807, 2.05) is 24.3 Å². The van der Waals surface area contributed by atoms with Crippen molar-refractivity contribution in [1.29, 1.82) is 0 Å². The van der Waals surface area contributed by atoms with Gasteiger partial charge in [0.15, 0.2) is 0 Å². The highest BCUT2D eigenvalue weighted by atomic mass is 79.9. The topological polar surface area (TPSA) is 57.6 Å². The summed E-state index contributed by atoms with van der Waals surface area (Å²) in [6.45, 7) is 0.624. The van der Waals surface area contributed by atoms with E-state index < -0.39 is 12.0 Å². The highest BCUT2D eigenvalue weighted by molar-refractivity contribution is 9.10. The molecule has 0 spiro atoms. The Hall–Kier alpha value is -1.36. The lowest BCUT2D eigenvalue weighted by molar-refractivity contribution is -0.149. The molecule has 1 heterocycles. The molecule has 1 N–H and O–H groups in total. The van der Waals surface area contributed by atoms with Gasteiger partial charge in [0.2, 0.25) is 5.91 Å². The average Bonchev–Trinajstić information content (AvgIpc) is 3.04. The van der Waals surface area contributed by atoms with Crippen LogP contribution in [0.15, 0.2) is 28.7 Å². The predicted molar refractivity (Wildman–Crippen MR) is 86.4 cm³/mol. The number of carbonyl (C=O) groups is 2. The van der Waals surface area contributed by atoms with Crippen LogP contribution < -0.4 is 0 Å². The van der Waals surface area contributed by atoms with E-state index in [-0.39, 0.29) is 11.8 Å². The van der Waals surface area contributed by atoms with E-state index in [2.05, 4.69) is 15.9 Å². The Kier molecular flexibility index (Phi) is 4.52. The standard InChI is InChI=1S/C17H20BrNO3/c18-13-5-1-3-11(9-13)7-8-15(20)19-10-12-4-2-6-14(12)16(19)17(21)22/h1,3,5,9,12,14,16H,2,4,6-8,10H2,(H,21,22). The molecule has 1 aliphatic heterocycles. The number of amides is 1. The van der Waals surface area contributed by atoms with Crippen molar-refractivity contribution < 1.29 is 14.7 Å². The van der Waals surface area contributed by atoms with Crippen LogP contribution in [0, 0.1) is 11.8 Å². The molecule has 1 aromatic rings. The van der Waals surface area contributed by atoms with Gasteiger partial charge in [0.1, 0.15) is 6.04 Å². The molecule has 3 unspecified atom stereocenters. The van der Waals surface area contributed by atoms with Crippen LogP contribution in [0.5, 0.6) is 0 Å². The number of carbonyl (C=O) groups excluding carboxylic acids is 1. The SMILES string of the molecule is O=C(O)C1C2CCCC2CN1C(=O)CCc1cccc(Br)c1. The Morgan fingerprint density at radius 3 is 2.86 bits per heavy atom. The molecular formula is C17H20BrNO3. The number of halogens is 1. The lowest BCUT2D eigenvalue weighted by Gasteiger charge is -2.24. The van der Waals surface area contributed by atoms with Gasteiger partial charge in [-0.1, -0.05) is 34.5 Å². The molecule has 3 rings (SSSR count). The van der Waals surface area contributed by atoms with Crippen molar-refractivity contribution >= 4 is 27.8 Å². The van der Waals surface area contributed by atoms with Crippen molar-refractivity contribution in [3.05, 3.63) is 34.3 Å². The summed E-state index contributed by atoms with van der Waals surface area (Å²) in [5, 5.41) is 9.50. The zero-order chi connectivity index (χ0) is 15.7. The Balaban J connectivity index is 1.65. The summed E-state index contributed by atoms with van der Waals surface area (Å²) in [6, 6.07) is 7.28. The smallest absolute Gasteiger partial charge is 0.326 e. The van der Waals surface area contributed by atoms with Gasteiger partial charge in [-0.25, -0.2) is 4.79 Å². The Labute approximate surface area is 138 Å². The summed E-state index contributed by atoms with van der Waals surface area (Å²) >= 11 is 3.42. The van der Waals surface area contributed by atoms with Crippen LogP contribution in [0.25, 0.3) is 0 Å². The number of aliphatic carboxylic acids is 1. The van der Waals surface area contributed by atoms with E-state index >= 15 is 0 Å². The lowest BCUT2D eigenvalue weighted by Crippen LogP contribution is -2.43. The summed E-state index contributed by atoms with van der Waals surface area (Å²) in [7, 11) is 0. The fourth-order valence-corrected chi connectivity index (χ4v) is 4.41. The van der Waals surface area contributed by atoms with Gasteiger partial charge < -0.3 is 10.0 Å². The first-order valence-electron chi connectivity index (χ1n) is 7.83. The van der Waals surface area contributed by atoms with Gasteiger partial charge >= 0.3 is 5.97 Å². The second kappa shape index (κ2) is 6.41. The van der Waals surface area contributed by atoms with Crippen molar-refractivity contribution in [3.63, 3.8) is 0 Å². The third kappa shape index (κ3) is 3.05. The number of benzene rings is 1. The zero-order valence-corrected chi connectivity index (χ0v) is 14.0. The number of nitrogens with zero attached hydrogens (tertiary/aromatic N) is 1. The number of hydrogen-bond acceptors (Lipinski definition) is 2. The largest absolute Gasteiger partial charge is 0.480 e. The molecule has 0 bridgehead atoms. The highest BCUT2D eigenvalue weighted by Crippen LogP contribution is 2.42. The molecule has 5 heteroatoms. The number of carboxylic acid groups (broad SMARTS) is 1. The quantitative estimate of drug-likeness (QED) is 0.891. The van der Waals surface area contributed by atoms with Crippen molar-refractivity contribution in [2.24, 2.45) is 11.8 Å². The summed E-state index contributed by atoms with van der Waals surface area (Å²) in [5.41, 5.74) is 1.09. The van der Waals surface area contributed by atoms with Crippen LogP contribution in [-0.2, 0) is 16.0 Å². The Morgan fingerprint density at radius 1 is 1.32 bits per heavy atom. The minimum Gasteiger partial charge on any atom is -0.480 e. The monoisotopic (exact) mass is 365 g/mol. The highest BCUT2D eigenvalue weighted by Gasteiger charge is 2.49. The normalized spacial score (nSPS) is 27.0. The Morgan fingerprint density at radius 2 is 2.14 bits per heavy atom. The first-order valence-corrected chi connectivity index (χ1v) is 8.62. The third-order valence-corrected chi connectivity index (χ3v) is 5.47. The summed E-state index contributed by atoms with van der Waals surface area (Å²) < 4.78 is 0.997. The first kappa shape index (κ1) is 15.5. The minimum atomic E-state index is -0.842. The van der Waals surface area contributed by atoms with Crippen LogP contribution in [0.3, 0.4) is 0 Å². The summed E-state index contributed by atoms with van der Waals surface area (Å²) in [4.78, 5) is 25.7. The molecule has 1 aromatic carbocycles. The van der Waals surface area contributed by atoms with Crippen molar-refractivity contribution in [2.75, 3.05) is 6.54 Å². The number of carboxylic acids is 1. The molecule has 1 saturated carbocycles. The summed E-state index contributed by atoms with van der Waals surface area (Å²) in [5.74, 6) is -0.324. The maximum atomic E-state index is 12.5. The molecule has 3 atom stereocenters. The van der Waals surface area contributed by atoms with E-state index in [0.717, 1.165) is 29.3 Å². The van der Waals surface area contributed by atoms with Crippen molar-refractivity contribution in [2.45, 2.75) is 38.1 Å². The molecule has 118 valence electrons. The third-order valence-electron chi connectivity index (χ3n) is 4.98. The maximum absolute atomic E-state index is 12.5.